The molecular formula is C24H29ClN4O5S. The zero-order chi connectivity index (χ0) is 25.4. The Morgan fingerprint density at radius 2 is 1.83 bits per heavy atom. The number of likely N-dealkylation sites (tertiary alicyclic amines) is 1. The fourth-order valence-electron chi connectivity index (χ4n) is 3.65. The molecule has 188 valence electrons. The molecule has 1 saturated heterocycles. The SMILES string of the molecule is Cc1cc(Cl)ccc1N(CC(=O)N/N=C\c1ccc(OCC(=O)N2CCCCC2)cc1)S(C)(=O)=O. The van der Waals surface area contributed by atoms with Crippen molar-refractivity contribution in [1.29, 1.82) is 0 Å². The number of rotatable bonds is 9. The van der Waals surface area contributed by atoms with Crippen molar-refractivity contribution in [2.75, 3.05) is 36.8 Å². The predicted octanol–water partition coefficient (Wildman–Crippen LogP) is 2.96. The fraction of sp³-hybridized carbons (Fsp3) is 0.375. The van der Waals surface area contributed by atoms with Gasteiger partial charge in [0.15, 0.2) is 6.61 Å². The Labute approximate surface area is 210 Å². The lowest BCUT2D eigenvalue weighted by Crippen LogP contribution is -2.39. The van der Waals surface area contributed by atoms with Gasteiger partial charge in [0.1, 0.15) is 12.3 Å². The van der Waals surface area contributed by atoms with Crippen LogP contribution in [0.25, 0.3) is 0 Å². The maximum atomic E-state index is 12.4. The summed E-state index contributed by atoms with van der Waals surface area (Å²) in [6, 6.07) is 11.6. The lowest BCUT2D eigenvalue weighted by atomic mass is 10.1. The second-order valence-electron chi connectivity index (χ2n) is 8.29. The maximum Gasteiger partial charge on any atom is 0.260 e. The minimum atomic E-state index is -3.71. The number of piperidine rings is 1. The summed E-state index contributed by atoms with van der Waals surface area (Å²) in [4.78, 5) is 26.4. The van der Waals surface area contributed by atoms with Crippen LogP contribution in [-0.4, -0.2) is 63.8 Å². The largest absolute Gasteiger partial charge is 0.484 e. The third kappa shape index (κ3) is 7.97. The van der Waals surface area contributed by atoms with E-state index in [2.05, 4.69) is 10.5 Å². The van der Waals surface area contributed by atoms with Crippen molar-refractivity contribution in [3.05, 3.63) is 58.6 Å². The Kier molecular flexibility index (Phi) is 9.11. The molecule has 0 spiro atoms. The molecule has 1 aliphatic heterocycles. The molecule has 1 fully saturated rings. The van der Waals surface area contributed by atoms with E-state index in [1.807, 2.05) is 4.90 Å². The van der Waals surface area contributed by atoms with E-state index in [0.29, 0.717) is 27.6 Å². The van der Waals surface area contributed by atoms with Crippen LogP contribution in [0.4, 0.5) is 5.69 Å². The van der Waals surface area contributed by atoms with Crippen LogP contribution in [0.1, 0.15) is 30.4 Å². The van der Waals surface area contributed by atoms with Gasteiger partial charge in [-0.3, -0.25) is 13.9 Å². The van der Waals surface area contributed by atoms with Gasteiger partial charge in [-0.05, 0) is 79.8 Å². The van der Waals surface area contributed by atoms with E-state index in [4.69, 9.17) is 16.3 Å². The average molecular weight is 521 g/mol. The smallest absolute Gasteiger partial charge is 0.260 e. The molecule has 2 aromatic carbocycles. The molecule has 0 bridgehead atoms. The number of hydrazone groups is 1. The monoisotopic (exact) mass is 520 g/mol. The van der Waals surface area contributed by atoms with Crippen molar-refractivity contribution in [3.63, 3.8) is 0 Å². The highest BCUT2D eigenvalue weighted by Gasteiger charge is 2.22. The molecule has 9 nitrogen and oxygen atoms in total. The lowest BCUT2D eigenvalue weighted by molar-refractivity contribution is -0.134. The van der Waals surface area contributed by atoms with E-state index < -0.39 is 22.5 Å². The van der Waals surface area contributed by atoms with E-state index >= 15 is 0 Å². The van der Waals surface area contributed by atoms with Crippen LogP contribution in [0, 0.1) is 6.92 Å². The molecule has 35 heavy (non-hydrogen) atoms. The molecule has 0 aromatic heterocycles. The first-order valence-electron chi connectivity index (χ1n) is 11.2. The number of carbonyl (C=O) groups is 2. The van der Waals surface area contributed by atoms with Gasteiger partial charge < -0.3 is 9.64 Å². The van der Waals surface area contributed by atoms with Crippen LogP contribution < -0.4 is 14.5 Å². The van der Waals surface area contributed by atoms with Crippen LogP contribution in [0.3, 0.4) is 0 Å². The van der Waals surface area contributed by atoms with Crippen molar-refractivity contribution in [3.8, 4) is 5.75 Å². The second-order valence-corrected chi connectivity index (χ2v) is 10.6. The molecule has 0 unspecified atom stereocenters. The number of anilines is 1. The number of carbonyl (C=O) groups excluding carboxylic acids is 2. The molecule has 0 aliphatic carbocycles. The Morgan fingerprint density at radius 1 is 1.14 bits per heavy atom. The van der Waals surface area contributed by atoms with Gasteiger partial charge >= 0.3 is 0 Å². The number of hydrogen-bond acceptors (Lipinski definition) is 6. The molecule has 0 saturated carbocycles. The highest BCUT2D eigenvalue weighted by molar-refractivity contribution is 7.92. The van der Waals surface area contributed by atoms with Gasteiger partial charge in [-0.2, -0.15) is 5.10 Å². The summed E-state index contributed by atoms with van der Waals surface area (Å²) in [5.41, 5.74) is 4.02. The number of nitrogens with one attached hydrogen (secondary N) is 1. The van der Waals surface area contributed by atoms with Gasteiger partial charge in [0.2, 0.25) is 10.0 Å². The third-order valence-electron chi connectivity index (χ3n) is 5.47. The summed E-state index contributed by atoms with van der Waals surface area (Å²) >= 11 is 5.95. The second kappa shape index (κ2) is 12.0. The summed E-state index contributed by atoms with van der Waals surface area (Å²) in [5, 5.41) is 4.37. The third-order valence-corrected chi connectivity index (χ3v) is 6.83. The summed E-state index contributed by atoms with van der Waals surface area (Å²) in [6.45, 7) is 2.84. The number of ether oxygens (including phenoxy) is 1. The molecule has 3 rings (SSSR count). The van der Waals surface area contributed by atoms with Gasteiger partial charge in [-0.15, -0.1) is 0 Å². The minimum absolute atomic E-state index is 0.00652. The molecular weight excluding hydrogens is 492 g/mol. The van der Waals surface area contributed by atoms with Gasteiger partial charge in [-0.25, -0.2) is 13.8 Å². The van der Waals surface area contributed by atoms with Crippen molar-refractivity contribution in [2.24, 2.45) is 5.10 Å². The standard InChI is InChI=1S/C24H29ClN4O5S/c1-18-14-20(25)8-11-22(18)29(35(2,32)33)16-23(30)27-26-15-19-6-9-21(10-7-19)34-17-24(31)28-12-4-3-5-13-28/h6-11,14-15H,3-5,12-13,16-17H2,1-2H3,(H,27,30)/b26-15-. The summed E-state index contributed by atoms with van der Waals surface area (Å²) in [5.74, 6) is -0.0640. The van der Waals surface area contributed by atoms with E-state index in [0.717, 1.165) is 42.9 Å². The van der Waals surface area contributed by atoms with Gasteiger partial charge in [0, 0.05) is 18.1 Å². The number of nitrogens with zero attached hydrogens (tertiary/aromatic N) is 3. The van der Waals surface area contributed by atoms with Crippen molar-refractivity contribution in [2.45, 2.75) is 26.2 Å². The Bertz CT molecular complexity index is 1180. The summed E-state index contributed by atoms with van der Waals surface area (Å²) < 4.78 is 31.1. The number of halogens is 1. The number of benzene rings is 2. The number of aryl methyl sites for hydroxylation is 1. The minimum Gasteiger partial charge on any atom is -0.484 e. The molecule has 1 aliphatic rings. The molecule has 0 radical (unpaired) electrons. The Balaban J connectivity index is 1.52. The molecule has 1 heterocycles. The van der Waals surface area contributed by atoms with Crippen LogP contribution >= 0.6 is 11.6 Å². The Morgan fingerprint density at radius 3 is 2.46 bits per heavy atom. The first-order chi connectivity index (χ1) is 16.6. The highest BCUT2D eigenvalue weighted by atomic mass is 35.5. The molecule has 0 atom stereocenters. The molecule has 11 heteroatoms. The summed E-state index contributed by atoms with van der Waals surface area (Å²) in [6.07, 6.45) is 5.68. The van der Waals surface area contributed by atoms with Gasteiger partial charge in [0.05, 0.1) is 18.2 Å². The zero-order valence-corrected chi connectivity index (χ0v) is 21.3. The quantitative estimate of drug-likeness (QED) is 0.404. The van der Waals surface area contributed by atoms with Crippen LogP contribution in [0.2, 0.25) is 5.02 Å². The summed E-state index contributed by atoms with van der Waals surface area (Å²) in [7, 11) is -3.71. The molecule has 1 N–H and O–H groups in total. The van der Waals surface area contributed by atoms with Crippen molar-refractivity contribution in [1.82, 2.24) is 10.3 Å². The normalized spacial score (nSPS) is 14.1. The maximum absolute atomic E-state index is 12.4. The lowest BCUT2D eigenvalue weighted by Gasteiger charge is -2.26. The number of amides is 2. The van der Waals surface area contributed by atoms with E-state index in [-0.39, 0.29) is 12.5 Å². The van der Waals surface area contributed by atoms with Crippen molar-refractivity contribution < 1.29 is 22.7 Å². The van der Waals surface area contributed by atoms with Crippen LogP contribution in [0.5, 0.6) is 5.75 Å². The van der Waals surface area contributed by atoms with Crippen molar-refractivity contribution >= 4 is 45.3 Å². The first-order valence-corrected chi connectivity index (χ1v) is 13.4. The zero-order valence-electron chi connectivity index (χ0n) is 19.7. The number of sulfonamides is 1. The van der Waals surface area contributed by atoms with Gasteiger partial charge in [0.25, 0.3) is 11.8 Å². The molecule has 2 aromatic rings. The topological polar surface area (TPSA) is 108 Å². The highest BCUT2D eigenvalue weighted by Crippen LogP contribution is 2.25. The van der Waals surface area contributed by atoms with Crippen LogP contribution in [0.15, 0.2) is 47.6 Å². The van der Waals surface area contributed by atoms with Crippen LogP contribution in [-0.2, 0) is 19.6 Å². The Hall–Kier alpha value is -3.11. The predicted molar refractivity (Wildman–Crippen MR) is 136 cm³/mol. The fourth-order valence-corrected chi connectivity index (χ4v) is 4.79. The average Bonchev–Trinajstić information content (AvgIpc) is 2.82. The molecule has 2 amide bonds. The van der Waals surface area contributed by atoms with E-state index in [1.165, 1.54) is 6.21 Å². The first kappa shape index (κ1) is 26.5. The van der Waals surface area contributed by atoms with E-state index in [9.17, 15) is 18.0 Å². The van der Waals surface area contributed by atoms with E-state index in [1.54, 1.807) is 49.4 Å². The van der Waals surface area contributed by atoms with Gasteiger partial charge in [-0.1, -0.05) is 11.6 Å². The number of hydrogen-bond donors (Lipinski definition) is 1.